The molecule has 12 aliphatic rings. The van der Waals surface area contributed by atoms with Gasteiger partial charge in [0, 0.05) is 92.5 Å². The predicted octanol–water partition coefficient (Wildman–Crippen LogP) is 26.8. The van der Waals surface area contributed by atoms with Gasteiger partial charge in [-0.15, -0.1) is 0 Å². The molecule has 0 aromatic carbocycles. The van der Waals surface area contributed by atoms with Crippen LogP contribution >= 0.6 is 0 Å². The first-order valence-corrected chi connectivity index (χ1v) is 44.5. The van der Waals surface area contributed by atoms with E-state index >= 15 is 0 Å². The molecule has 0 aromatic heterocycles. The fourth-order valence-electron chi connectivity index (χ4n) is 21.6. The van der Waals surface area contributed by atoms with Crippen LogP contribution in [0.4, 0.5) is 0 Å². The Morgan fingerprint density at radius 2 is 0.798 bits per heavy atom. The minimum absolute atomic E-state index is 0.359. The molecule has 0 N–H and O–H groups in total. The molecule has 8 bridgehead atoms. The smallest absolute Gasteiger partial charge is 0.0676 e. The van der Waals surface area contributed by atoms with Crippen LogP contribution in [-0.4, -0.2) is 117 Å². The molecule has 12 rings (SSSR count). The first kappa shape index (κ1) is 99.7. The lowest BCUT2D eigenvalue weighted by molar-refractivity contribution is -0.123. The maximum Gasteiger partial charge on any atom is 0.0676 e. The summed E-state index contributed by atoms with van der Waals surface area (Å²) in [5, 5.41) is 0. The van der Waals surface area contributed by atoms with Crippen molar-refractivity contribution in [2.45, 2.75) is 395 Å². The molecule has 104 heavy (non-hydrogen) atoms. The summed E-state index contributed by atoms with van der Waals surface area (Å²) in [7, 11) is 0. The van der Waals surface area contributed by atoms with Gasteiger partial charge in [0.2, 0.25) is 0 Å². The maximum atomic E-state index is 5.99. The van der Waals surface area contributed by atoms with E-state index in [2.05, 4.69) is 222 Å². The molecule has 12 saturated carbocycles. The quantitative estimate of drug-likeness (QED) is 0.0787. The van der Waals surface area contributed by atoms with Crippen LogP contribution in [0.25, 0.3) is 0 Å². The van der Waals surface area contributed by atoms with Gasteiger partial charge in [-0.05, 0) is 303 Å². The zero-order valence-electron chi connectivity index (χ0n) is 76.9. The summed E-state index contributed by atoms with van der Waals surface area (Å²) in [6, 6.07) is 0. The van der Waals surface area contributed by atoms with Gasteiger partial charge in [0.1, 0.15) is 0 Å². The molecule has 12 aliphatic carbocycles. The highest BCUT2D eigenvalue weighted by molar-refractivity contribution is 5.12. The second-order valence-corrected chi connectivity index (χ2v) is 42.4. The lowest BCUT2D eigenvalue weighted by Gasteiger charge is -2.60. The number of hydrogen-bond donors (Lipinski definition) is 0. The van der Waals surface area contributed by atoms with E-state index in [-0.39, 0.29) is 0 Å². The van der Waals surface area contributed by atoms with Gasteiger partial charge in [0.15, 0.2) is 0 Å². The lowest BCUT2D eigenvalue weighted by Crippen LogP contribution is -2.53. The summed E-state index contributed by atoms with van der Waals surface area (Å²) in [6.07, 6.45) is 29.0. The van der Waals surface area contributed by atoms with Crippen LogP contribution in [0.1, 0.15) is 371 Å². The van der Waals surface area contributed by atoms with Crippen LogP contribution in [0.15, 0.2) is 0 Å². The third-order valence-corrected chi connectivity index (χ3v) is 28.9. The third-order valence-electron chi connectivity index (χ3n) is 28.9. The molecule has 9 heteroatoms. The molecule has 11 atom stereocenters. The van der Waals surface area contributed by atoms with E-state index in [1.165, 1.54) is 122 Å². The van der Waals surface area contributed by atoms with E-state index in [0.29, 0.717) is 84.0 Å². The van der Waals surface area contributed by atoms with Crippen molar-refractivity contribution < 1.29 is 42.6 Å². The van der Waals surface area contributed by atoms with Gasteiger partial charge in [0.05, 0.1) is 24.4 Å². The standard InChI is InChI=1S/C13H24O.2C12H22O.C12H24O.C11H20O.C11H22O.C9H20O.C8H18O.C7H16O/c1-6-14-11-9-7-8-10(12(9,2)3)13(11,4)5;1-4-13-8-9-5-10-7-11(6-9)12(10,2)3;1-4-13-8-9-5-6-10-7-11(9)12(10,2)3;1-6-13-10-11(2,3)8-7-9-12(10,4)5;1-4-12-10-8-5-6-9(7-8)11(10,2)3;1-6-12-9-10(2,3)7-8-11(9,4)5;1-5-9(3,4)7-8-10-6-2;1-5-9-7-6-8(2,3)4;1-4-8-6-5-7(2)3/h9-11H,6-8H2,1-5H3;2*9-11H,4-8H2,1-3H3;10H,6-9H2,1-5H3;8-10H,4-7H2,1-3H3;9H,6-8H2,1-5H3;5-8H2,1-4H3;5-7H2,1-4H3;7H,4-6H2,1-3H3. The Labute approximate surface area is 651 Å². The van der Waals surface area contributed by atoms with Crippen LogP contribution in [0, 0.1) is 125 Å². The molecule has 0 spiro atoms. The number of fused-ring (bicyclic) bond motifs is 8. The van der Waals surface area contributed by atoms with Gasteiger partial charge in [-0.3, -0.25) is 0 Å². The van der Waals surface area contributed by atoms with Crippen LogP contribution in [0.5, 0.6) is 0 Å². The van der Waals surface area contributed by atoms with Gasteiger partial charge in [-0.2, -0.15) is 0 Å². The van der Waals surface area contributed by atoms with Crippen LogP contribution in [0.2, 0.25) is 0 Å². The van der Waals surface area contributed by atoms with Crippen molar-refractivity contribution in [3.8, 4) is 0 Å². The van der Waals surface area contributed by atoms with Crippen molar-refractivity contribution in [3.63, 3.8) is 0 Å². The van der Waals surface area contributed by atoms with Crippen molar-refractivity contribution in [1.29, 1.82) is 0 Å². The normalized spacial score (nSPS) is 30.8. The molecule has 0 aliphatic heterocycles. The molecule has 0 aromatic rings. The van der Waals surface area contributed by atoms with Crippen LogP contribution < -0.4 is 0 Å². The van der Waals surface area contributed by atoms with Crippen molar-refractivity contribution in [2.75, 3.05) is 92.5 Å². The maximum absolute atomic E-state index is 5.99. The highest BCUT2D eigenvalue weighted by atomic mass is 16.5. The average Bonchev–Trinajstić information content (AvgIpc) is 1.52. The highest BCUT2D eigenvalue weighted by Crippen LogP contribution is 2.67. The summed E-state index contributed by atoms with van der Waals surface area (Å²) < 4.78 is 50.3. The van der Waals surface area contributed by atoms with Crippen molar-refractivity contribution in [3.05, 3.63) is 0 Å². The first-order chi connectivity index (χ1) is 48.1. The molecule has 622 valence electrons. The first-order valence-electron chi connectivity index (χ1n) is 44.5. The Hall–Kier alpha value is -0.360. The van der Waals surface area contributed by atoms with E-state index < -0.39 is 0 Å². The minimum atomic E-state index is 0.359. The van der Waals surface area contributed by atoms with E-state index in [1.807, 2.05) is 20.8 Å². The fraction of sp³-hybridized carbons (Fsp3) is 1.00. The van der Waals surface area contributed by atoms with E-state index in [4.69, 9.17) is 42.6 Å². The van der Waals surface area contributed by atoms with Gasteiger partial charge < -0.3 is 42.6 Å². The van der Waals surface area contributed by atoms with E-state index in [0.717, 1.165) is 164 Å². The summed E-state index contributed by atoms with van der Waals surface area (Å²) in [6.45, 7) is 92.0. The van der Waals surface area contributed by atoms with Crippen LogP contribution in [-0.2, 0) is 42.6 Å². The Morgan fingerprint density at radius 1 is 0.356 bits per heavy atom. The molecular weight excluding hydrogens is 1290 g/mol. The summed E-state index contributed by atoms with van der Waals surface area (Å²) in [5.74, 6) is 9.96. The second kappa shape index (κ2) is 44.9. The fourth-order valence-corrected chi connectivity index (χ4v) is 21.6. The van der Waals surface area contributed by atoms with Crippen LogP contribution in [0.3, 0.4) is 0 Å². The molecule has 0 saturated heterocycles. The van der Waals surface area contributed by atoms with Gasteiger partial charge >= 0.3 is 0 Å². The Morgan fingerprint density at radius 3 is 1.19 bits per heavy atom. The third kappa shape index (κ3) is 29.9. The number of rotatable bonds is 26. The van der Waals surface area contributed by atoms with Crippen molar-refractivity contribution in [1.82, 2.24) is 0 Å². The average molecular weight is 1470 g/mol. The Balaban J connectivity index is 0.000000400. The summed E-state index contributed by atoms with van der Waals surface area (Å²) in [4.78, 5) is 0. The number of hydrogen-bond acceptors (Lipinski definition) is 9. The minimum Gasteiger partial charge on any atom is -0.382 e. The van der Waals surface area contributed by atoms with Gasteiger partial charge in [-0.25, -0.2) is 0 Å². The molecular formula is C95H188O9. The number of ether oxygens (including phenoxy) is 9. The molecule has 12 fully saturated rings. The zero-order valence-corrected chi connectivity index (χ0v) is 76.9. The summed E-state index contributed by atoms with van der Waals surface area (Å²) >= 11 is 0. The summed E-state index contributed by atoms with van der Waals surface area (Å²) in [5.41, 5.74) is 4.99. The largest absolute Gasteiger partial charge is 0.382 e. The van der Waals surface area contributed by atoms with Crippen molar-refractivity contribution in [2.24, 2.45) is 125 Å². The topological polar surface area (TPSA) is 83.1 Å². The van der Waals surface area contributed by atoms with E-state index in [9.17, 15) is 0 Å². The lowest BCUT2D eigenvalue weighted by atomic mass is 9.46. The molecule has 9 nitrogen and oxygen atoms in total. The highest BCUT2D eigenvalue weighted by Gasteiger charge is 2.63. The predicted molar refractivity (Wildman–Crippen MR) is 449 cm³/mol. The second-order valence-electron chi connectivity index (χ2n) is 42.4. The monoisotopic (exact) mass is 1470 g/mol. The van der Waals surface area contributed by atoms with Gasteiger partial charge in [0.25, 0.3) is 0 Å². The zero-order chi connectivity index (χ0) is 79.6. The van der Waals surface area contributed by atoms with Gasteiger partial charge in [-0.1, -0.05) is 193 Å². The molecule has 0 amide bonds. The Kier molecular flexibility index (Phi) is 43.1. The molecule has 0 heterocycles. The van der Waals surface area contributed by atoms with Crippen molar-refractivity contribution >= 4 is 0 Å². The molecule has 0 radical (unpaired) electrons. The Bertz CT molecular complexity index is 2180. The SMILES string of the molecule is CCOC1C(C)(C)CCC1(C)C.CCOC1C(C)(C)CCCC1(C)C.CCOC1C2CCC(C2(C)C)C1(C)C.CCOC1C2CCC(C2)C1(C)C.CCOCC1CC2CC(C1)C2(C)C.CCOCC1CCC2CC1C2(C)C.CCOCCC(C)(C)C.CCOCCC(C)(C)CC.CCOCCC(C)C. The molecule has 11 unspecified atom stereocenters. The van der Waals surface area contributed by atoms with E-state index in [1.54, 1.807) is 0 Å².